The maximum absolute atomic E-state index is 11.1. The molecule has 1 saturated heterocycles. The van der Waals surface area contributed by atoms with Gasteiger partial charge < -0.3 is 35.0 Å². The number of rotatable bonds is 5. The zero-order valence-electron chi connectivity index (χ0n) is 15.9. The normalized spacial score (nSPS) is 29.3. The Balaban J connectivity index is 1.98. The molecule has 0 aromatic heterocycles. The molecule has 1 aliphatic rings. The lowest BCUT2D eigenvalue weighted by molar-refractivity contribution is -0.358. The van der Waals surface area contributed by atoms with E-state index in [0.717, 1.165) is 16.7 Å². The zero-order valence-corrected chi connectivity index (χ0v) is 15.9. The van der Waals surface area contributed by atoms with E-state index >= 15 is 0 Å². The maximum atomic E-state index is 11.1. The molecule has 1 heterocycles. The van der Waals surface area contributed by atoms with E-state index in [4.69, 9.17) is 15.9 Å². The third-order valence-electron chi connectivity index (χ3n) is 5.14. The molecule has 1 fully saturated rings. The van der Waals surface area contributed by atoms with Crippen molar-refractivity contribution in [3.05, 3.63) is 64.7 Å². The lowest BCUT2D eigenvalue weighted by Gasteiger charge is -2.45. The molecule has 2 aromatic carbocycles. The second kappa shape index (κ2) is 8.51. The van der Waals surface area contributed by atoms with Crippen molar-refractivity contribution in [2.75, 3.05) is 13.7 Å². The molecule has 1 aliphatic heterocycles. The fourth-order valence-electron chi connectivity index (χ4n) is 3.48. The monoisotopic (exact) mass is 400 g/mol. The van der Waals surface area contributed by atoms with Gasteiger partial charge in [0.05, 0.1) is 19.3 Å². The van der Waals surface area contributed by atoms with Crippen LogP contribution in [-0.2, 0) is 16.9 Å². The van der Waals surface area contributed by atoms with E-state index in [0.29, 0.717) is 6.42 Å². The average Bonchev–Trinajstić information content (AvgIpc) is 2.75. The summed E-state index contributed by atoms with van der Waals surface area (Å²) in [4.78, 5) is 0. The van der Waals surface area contributed by atoms with Gasteiger partial charge in [-0.15, -0.1) is 6.42 Å². The molecule has 0 amide bonds. The highest BCUT2D eigenvalue weighted by Crippen LogP contribution is 2.41. The summed E-state index contributed by atoms with van der Waals surface area (Å²) in [6, 6.07) is 12.4. The molecule has 7 heteroatoms. The highest BCUT2D eigenvalue weighted by atomic mass is 16.7. The van der Waals surface area contributed by atoms with Crippen molar-refractivity contribution in [3.63, 3.8) is 0 Å². The molecule has 0 saturated carbocycles. The van der Waals surface area contributed by atoms with E-state index < -0.39 is 36.8 Å². The summed E-state index contributed by atoms with van der Waals surface area (Å²) in [6.07, 6.45) is -0.558. The zero-order chi connectivity index (χ0) is 21.2. The topological polar surface area (TPSA) is 120 Å². The molecule has 7 nitrogen and oxygen atoms in total. The molecule has 2 aromatic rings. The van der Waals surface area contributed by atoms with Crippen LogP contribution in [0.3, 0.4) is 0 Å². The smallest absolute Gasteiger partial charge is 0.226 e. The van der Waals surface area contributed by atoms with Crippen LogP contribution in [-0.4, -0.2) is 63.7 Å². The molecular weight excluding hydrogens is 376 g/mol. The van der Waals surface area contributed by atoms with Gasteiger partial charge in [-0.2, -0.15) is 0 Å². The van der Waals surface area contributed by atoms with Crippen molar-refractivity contribution >= 4 is 0 Å². The summed E-state index contributed by atoms with van der Waals surface area (Å²) >= 11 is 0. The third-order valence-corrected chi connectivity index (χ3v) is 5.14. The van der Waals surface area contributed by atoms with Crippen LogP contribution < -0.4 is 4.74 Å². The standard InChI is InChI=1S/C22H24O7/c1-3-13-4-6-14(7-5-13)10-15-8-9-17(28-2)16(11-15)22(27)21(26)20(25)19(24)18(12-23)29-22/h1,4-9,11,18-21,23-27H,10,12H2,2H3/t18-,19-,20+,21-,22+/m1/s1. The van der Waals surface area contributed by atoms with Gasteiger partial charge in [-0.1, -0.05) is 24.1 Å². The van der Waals surface area contributed by atoms with E-state index in [1.54, 1.807) is 18.2 Å². The van der Waals surface area contributed by atoms with Crippen LogP contribution in [0.1, 0.15) is 22.3 Å². The van der Waals surface area contributed by atoms with Crippen LogP contribution >= 0.6 is 0 Å². The molecule has 3 rings (SSSR count). The van der Waals surface area contributed by atoms with Crippen LogP contribution in [0, 0.1) is 12.3 Å². The van der Waals surface area contributed by atoms with Gasteiger partial charge in [0.2, 0.25) is 5.79 Å². The van der Waals surface area contributed by atoms with Crippen molar-refractivity contribution in [3.8, 4) is 18.1 Å². The van der Waals surface area contributed by atoms with Crippen LogP contribution in [0.2, 0.25) is 0 Å². The Bertz CT molecular complexity index is 887. The van der Waals surface area contributed by atoms with E-state index in [-0.39, 0.29) is 11.3 Å². The summed E-state index contributed by atoms with van der Waals surface area (Å²) in [5, 5.41) is 51.1. The van der Waals surface area contributed by atoms with Gasteiger partial charge in [-0.05, 0) is 41.8 Å². The number of aliphatic hydroxyl groups is 5. The van der Waals surface area contributed by atoms with Gasteiger partial charge in [0.25, 0.3) is 0 Å². The fraction of sp³-hybridized carbons (Fsp3) is 0.364. The minimum Gasteiger partial charge on any atom is -0.496 e. The minimum atomic E-state index is -2.39. The number of benzene rings is 2. The number of hydrogen-bond donors (Lipinski definition) is 5. The molecule has 0 unspecified atom stereocenters. The predicted octanol–water partition coefficient (Wildman–Crippen LogP) is -0.114. The van der Waals surface area contributed by atoms with Crippen LogP contribution in [0.5, 0.6) is 5.75 Å². The summed E-state index contributed by atoms with van der Waals surface area (Å²) < 4.78 is 10.7. The highest BCUT2D eigenvalue weighted by Gasteiger charge is 2.54. The molecule has 0 spiro atoms. The van der Waals surface area contributed by atoms with E-state index in [1.807, 2.05) is 24.3 Å². The van der Waals surface area contributed by atoms with Crippen molar-refractivity contribution in [2.45, 2.75) is 36.6 Å². The number of terminal acetylenes is 1. The van der Waals surface area contributed by atoms with Gasteiger partial charge in [-0.3, -0.25) is 0 Å². The summed E-state index contributed by atoms with van der Waals surface area (Å²) in [5.74, 6) is 0.386. The van der Waals surface area contributed by atoms with Crippen molar-refractivity contribution < 1.29 is 35.0 Å². The van der Waals surface area contributed by atoms with E-state index in [9.17, 15) is 25.5 Å². The first-order valence-electron chi connectivity index (χ1n) is 9.12. The molecule has 29 heavy (non-hydrogen) atoms. The number of methoxy groups -OCH3 is 1. The molecule has 0 bridgehead atoms. The second-order valence-electron chi connectivity index (χ2n) is 7.01. The Labute approximate surface area is 168 Å². The Morgan fingerprint density at radius 2 is 1.72 bits per heavy atom. The highest BCUT2D eigenvalue weighted by molar-refractivity contribution is 5.43. The van der Waals surface area contributed by atoms with E-state index in [1.165, 1.54) is 7.11 Å². The van der Waals surface area contributed by atoms with Gasteiger partial charge in [-0.25, -0.2) is 0 Å². The Morgan fingerprint density at radius 1 is 1.07 bits per heavy atom. The van der Waals surface area contributed by atoms with Crippen molar-refractivity contribution in [2.24, 2.45) is 0 Å². The Kier molecular flexibility index (Phi) is 6.24. The Morgan fingerprint density at radius 3 is 2.31 bits per heavy atom. The molecule has 154 valence electrons. The van der Waals surface area contributed by atoms with Gasteiger partial charge in [0.1, 0.15) is 30.2 Å². The predicted molar refractivity (Wildman–Crippen MR) is 104 cm³/mol. The molecular formula is C22H24O7. The van der Waals surface area contributed by atoms with Crippen LogP contribution in [0.25, 0.3) is 0 Å². The number of aliphatic hydroxyl groups excluding tert-OH is 4. The quantitative estimate of drug-likeness (QED) is 0.444. The average molecular weight is 400 g/mol. The van der Waals surface area contributed by atoms with Crippen LogP contribution in [0.15, 0.2) is 42.5 Å². The summed E-state index contributed by atoms with van der Waals surface area (Å²) in [5.41, 5.74) is 2.59. The minimum absolute atomic E-state index is 0.0784. The summed E-state index contributed by atoms with van der Waals surface area (Å²) in [7, 11) is 1.39. The number of ether oxygens (including phenoxy) is 2. The van der Waals surface area contributed by atoms with Gasteiger partial charge in [0, 0.05) is 5.56 Å². The van der Waals surface area contributed by atoms with Crippen molar-refractivity contribution in [1.29, 1.82) is 0 Å². The SMILES string of the molecule is C#Cc1ccc(Cc2ccc(OC)c([C@]3(O)O[C@H](CO)[C@@H](O)[C@H](O)[C@H]3O)c2)cc1. The summed E-state index contributed by atoms with van der Waals surface area (Å²) in [6.45, 7) is -0.656. The van der Waals surface area contributed by atoms with Crippen LogP contribution in [0.4, 0.5) is 0 Å². The first-order chi connectivity index (χ1) is 13.8. The fourth-order valence-corrected chi connectivity index (χ4v) is 3.48. The maximum Gasteiger partial charge on any atom is 0.226 e. The van der Waals surface area contributed by atoms with Crippen molar-refractivity contribution in [1.82, 2.24) is 0 Å². The first-order valence-corrected chi connectivity index (χ1v) is 9.12. The largest absolute Gasteiger partial charge is 0.496 e. The molecule has 0 aliphatic carbocycles. The van der Waals surface area contributed by atoms with Gasteiger partial charge in [0.15, 0.2) is 0 Å². The lowest BCUT2D eigenvalue weighted by atomic mass is 9.86. The molecule has 5 N–H and O–H groups in total. The van der Waals surface area contributed by atoms with Gasteiger partial charge >= 0.3 is 0 Å². The number of hydrogen-bond acceptors (Lipinski definition) is 7. The third kappa shape index (κ3) is 4.00. The first kappa shape index (κ1) is 21.3. The lowest BCUT2D eigenvalue weighted by Crippen LogP contribution is -2.63. The molecule has 5 atom stereocenters. The molecule has 0 radical (unpaired) electrons. The Hall–Kier alpha value is -2.44. The second-order valence-corrected chi connectivity index (χ2v) is 7.01. The van der Waals surface area contributed by atoms with E-state index in [2.05, 4.69) is 5.92 Å².